The van der Waals surface area contributed by atoms with Gasteiger partial charge in [-0.05, 0) is 0 Å². The fraction of sp³-hybridized carbons (Fsp3) is 0. The lowest BCUT2D eigenvalue weighted by molar-refractivity contribution is 0.489. The van der Waals surface area contributed by atoms with E-state index in [-0.39, 0.29) is 6.07 Å². The molecule has 0 atom stereocenters. The van der Waals surface area contributed by atoms with E-state index in [9.17, 15) is 21.6 Å². The zero-order chi connectivity index (χ0) is 15.1. The minimum absolute atomic E-state index is 0.227. The molecule has 1 heterocycles. The molecule has 0 aliphatic carbocycles. The summed E-state index contributed by atoms with van der Waals surface area (Å²) < 4.78 is 62.8. The molecule has 2 rings (SSSR count). The van der Waals surface area contributed by atoms with E-state index in [1.54, 1.807) is 0 Å². The highest BCUT2D eigenvalue weighted by Crippen LogP contribution is 2.22. The number of benzene rings is 1. The Labute approximate surface area is 110 Å². The van der Waals surface area contributed by atoms with Crippen LogP contribution >= 0.6 is 0 Å². The third-order valence-corrected chi connectivity index (χ3v) is 3.26. The van der Waals surface area contributed by atoms with E-state index in [4.69, 9.17) is 10.4 Å². The summed E-state index contributed by atoms with van der Waals surface area (Å²) in [5.41, 5.74) is -1.13. The normalized spacial score (nSPS) is 11.3. The molecule has 0 saturated carbocycles. The van der Waals surface area contributed by atoms with Gasteiger partial charge in [0.2, 0.25) is 0 Å². The maximum Gasteiger partial charge on any atom is 0.257 e. The third kappa shape index (κ3) is 2.24. The van der Waals surface area contributed by atoms with E-state index in [0.29, 0.717) is 10.7 Å². The maximum atomic E-state index is 13.6. The summed E-state index contributed by atoms with van der Waals surface area (Å²) in [5.74, 6) is -4.12. The Balaban J connectivity index is 2.82. The average Bonchev–Trinajstić information content (AvgIpc) is 2.77. The molecule has 104 valence electrons. The van der Waals surface area contributed by atoms with Crippen LogP contribution in [-0.4, -0.2) is 18.2 Å². The van der Waals surface area contributed by atoms with Gasteiger partial charge in [-0.15, -0.1) is 0 Å². The van der Waals surface area contributed by atoms with Gasteiger partial charge >= 0.3 is 0 Å². The molecule has 0 aliphatic rings. The number of nitrogens with two attached hydrogens (primary N) is 1. The molecule has 6 nitrogen and oxygen atoms in total. The monoisotopic (exact) mass is 302 g/mol. The van der Waals surface area contributed by atoms with E-state index < -0.39 is 43.8 Å². The zero-order valence-electron chi connectivity index (χ0n) is 9.51. The van der Waals surface area contributed by atoms with Crippen LogP contribution < -0.4 is 5.14 Å². The molecule has 1 aromatic carbocycles. The summed E-state index contributed by atoms with van der Waals surface area (Å²) in [7, 11) is -4.43. The quantitative estimate of drug-likeness (QED) is 0.829. The molecular formula is C10H5F3N4O2S. The van der Waals surface area contributed by atoms with Crippen molar-refractivity contribution in [1.29, 1.82) is 5.26 Å². The van der Waals surface area contributed by atoms with Gasteiger partial charge < -0.3 is 0 Å². The molecule has 0 radical (unpaired) electrons. The summed E-state index contributed by atoms with van der Waals surface area (Å²) >= 11 is 0. The highest BCUT2D eigenvalue weighted by atomic mass is 32.2. The van der Waals surface area contributed by atoms with E-state index in [0.717, 1.165) is 6.20 Å². The number of halogens is 3. The summed E-state index contributed by atoms with van der Waals surface area (Å²) in [6.07, 6.45) is 0.820. The fourth-order valence-electron chi connectivity index (χ4n) is 1.53. The SMILES string of the molecule is N#Cc1cnn(-c2cc(F)c(F)cc2F)c1S(N)(=O)=O. The number of sulfonamides is 1. The largest absolute Gasteiger partial charge is 0.257 e. The Kier molecular flexibility index (Phi) is 3.24. The number of aromatic nitrogens is 2. The van der Waals surface area contributed by atoms with Crippen molar-refractivity contribution in [2.24, 2.45) is 5.14 Å². The van der Waals surface area contributed by atoms with Crippen molar-refractivity contribution in [2.75, 3.05) is 0 Å². The van der Waals surface area contributed by atoms with Gasteiger partial charge in [0.1, 0.15) is 17.3 Å². The van der Waals surface area contributed by atoms with Crippen LogP contribution in [0.5, 0.6) is 0 Å². The molecule has 20 heavy (non-hydrogen) atoms. The van der Waals surface area contributed by atoms with Gasteiger partial charge in [-0.2, -0.15) is 10.4 Å². The van der Waals surface area contributed by atoms with Crippen LogP contribution in [0.2, 0.25) is 0 Å². The third-order valence-electron chi connectivity index (χ3n) is 2.33. The molecule has 0 saturated heterocycles. The lowest BCUT2D eigenvalue weighted by Gasteiger charge is -2.07. The second-order valence-corrected chi connectivity index (χ2v) is 5.13. The number of nitriles is 1. The Morgan fingerprint density at radius 1 is 1.20 bits per heavy atom. The van der Waals surface area contributed by atoms with E-state index in [1.165, 1.54) is 6.07 Å². The molecule has 0 aliphatic heterocycles. The van der Waals surface area contributed by atoms with Gasteiger partial charge in [-0.3, -0.25) is 0 Å². The van der Waals surface area contributed by atoms with E-state index in [2.05, 4.69) is 5.10 Å². The van der Waals surface area contributed by atoms with Gasteiger partial charge in [0.05, 0.1) is 6.20 Å². The smallest absolute Gasteiger partial charge is 0.223 e. The minimum atomic E-state index is -4.43. The second-order valence-electron chi connectivity index (χ2n) is 3.65. The lowest BCUT2D eigenvalue weighted by atomic mass is 10.3. The molecule has 1 aromatic heterocycles. The summed E-state index contributed by atoms with van der Waals surface area (Å²) in [6.45, 7) is 0. The van der Waals surface area contributed by atoms with Crippen LogP contribution in [0.3, 0.4) is 0 Å². The van der Waals surface area contributed by atoms with Crippen LogP contribution in [0, 0.1) is 28.8 Å². The predicted molar refractivity (Wildman–Crippen MR) is 59.5 cm³/mol. The van der Waals surface area contributed by atoms with Crippen LogP contribution in [0.25, 0.3) is 5.69 Å². The second kappa shape index (κ2) is 4.62. The van der Waals surface area contributed by atoms with Crippen molar-refractivity contribution in [3.8, 4) is 11.8 Å². The van der Waals surface area contributed by atoms with Crippen molar-refractivity contribution in [3.63, 3.8) is 0 Å². The lowest BCUT2D eigenvalue weighted by Crippen LogP contribution is -2.19. The van der Waals surface area contributed by atoms with Gasteiger partial charge in [0.25, 0.3) is 10.0 Å². The summed E-state index contributed by atoms with van der Waals surface area (Å²) in [5, 5.41) is 16.3. The number of hydrogen-bond acceptors (Lipinski definition) is 4. The molecule has 0 spiro atoms. The predicted octanol–water partition coefficient (Wildman–Crippen LogP) is 0.809. The van der Waals surface area contributed by atoms with Crippen molar-refractivity contribution in [2.45, 2.75) is 5.03 Å². The van der Waals surface area contributed by atoms with Crippen LogP contribution in [0.1, 0.15) is 5.56 Å². The van der Waals surface area contributed by atoms with Gasteiger partial charge in [-0.25, -0.2) is 31.4 Å². The fourth-order valence-corrected chi connectivity index (χ4v) is 2.33. The molecular weight excluding hydrogens is 297 g/mol. The first-order chi connectivity index (χ1) is 9.25. The van der Waals surface area contributed by atoms with Crippen LogP contribution in [-0.2, 0) is 10.0 Å². The first-order valence-corrected chi connectivity index (χ1v) is 6.46. The Hall–Kier alpha value is -2.38. The van der Waals surface area contributed by atoms with Crippen molar-refractivity contribution in [1.82, 2.24) is 9.78 Å². The van der Waals surface area contributed by atoms with Crippen molar-refractivity contribution < 1.29 is 21.6 Å². The van der Waals surface area contributed by atoms with Gasteiger partial charge in [0.15, 0.2) is 22.5 Å². The number of hydrogen-bond donors (Lipinski definition) is 1. The molecule has 2 aromatic rings. The van der Waals surface area contributed by atoms with Crippen LogP contribution in [0.4, 0.5) is 13.2 Å². The molecule has 2 N–H and O–H groups in total. The molecule has 0 amide bonds. The molecule has 0 unspecified atom stereocenters. The van der Waals surface area contributed by atoms with Crippen LogP contribution in [0.15, 0.2) is 23.4 Å². The van der Waals surface area contributed by atoms with Crippen molar-refractivity contribution >= 4 is 10.0 Å². The zero-order valence-corrected chi connectivity index (χ0v) is 10.3. The van der Waals surface area contributed by atoms with E-state index in [1.807, 2.05) is 0 Å². The number of nitrogens with zero attached hydrogens (tertiary/aromatic N) is 3. The number of rotatable bonds is 2. The number of primary sulfonamides is 1. The topological polar surface area (TPSA) is 102 Å². The first kappa shape index (κ1) is 14.0. The highest BCUT2D eigenvalue weighted by Gasteiger charge is 2.24. The average molecular weight is 302 g/mol. The summed E-state index contributed by atoms with van der Waals surface area (Å²) in [6, 6.07) is 2.14. The van der Waals surface area contributed by atoms with Crippen molar-refractivity contribution in [3.05, 3.63) is 41.3 Å². The Bertz CT molecular complexity index is 839. The minimum Gasteiger partial charge on any atom is -0.223 e. The van der Waals surface area contributed by atoms with E-state index >= 15 is 0 Å². The highest BCUT2D eigenvalue weighted by molar-refractivity contribution is 7.89. The Morgan fingerprint density at radius 2 is 1.80 bits per heavy atom. The molecule has 0 fully saturated rings. The van der Waals surface area contributed by atoms with Gasteiger partial charge in [-0.1, -0.05) is 0 Å². The maximum absolute atomic E-state index is 13.6. The molecule has 0 bridgehead atoms. The summed E-state index contributed by atoms with van der Waals surface area (Å²) in [4.78, 5) is 0. The Morgan fingerprint density at radius 3 is 2.35 bits per heavy atom. The first-order valence-electron chi connectivity index (χ1n) is 4.91. The molecule has 10 heteroatoms. The van der Waals surface area contributed by atoms with Gasteiger partial charge in [0, 0.05) is 12.1 Å². The standard InChI is InChI=1S/C10H5F3N4O2S/c11-6-1-8(13)9(2-7(6)12)17-10(20(15,18)19)5(3-14)4-16-17/h1-2,4H,(H2,15,18,19).